The van der Waals surface area contributed by atoms with Gasteiger partial charge in [0.15, 0.2) is 0 Å². The molecule has 0 radical (unpaired) electrons. The molecular formula is C17H25NO. The standard InChI is InChI=1S/C17H25NO/c1-2-3-4-5-6-7-12-18-13-11-16-15(14-19)9-8-10-17(16)18/h8-11,13,19H,2-7,12,14H2,1H3. The average molecular weight is 259 g/mol. The maximum atomic E-state index is 9.33. The zero-order valence-corrected chi connectivity index (χ0v) is 11.9. The van der Waals surface area contributed by atoms with Crippen molar-refractivity contribution in [3.63, 3.8) is 0 Å². The molecule has 2 heteroatoms. The zero-order valence-electron chi connectivity index (χ0n) is 11.9. The second-order valence-corrected chi connectivity index (χ2v) is 5.28. The van der Waals surface area contributed by atoms with Crippen LogP contribution >= 0.6 is 0 Å². The third-order valence-corrected chi connectivity index (χ3v) is 3.83. The zero-order chi connectivity index (χ0) is 13.5. The Balaban J connectivity index is 1.91. The molecule has 0 bridgehead atoms. The van der Waals surface area contributed by atoms with E-state index in [9.17, 15) is 5.11 Å². The molecule has 0 spiro atoms. The van der Waals surface area contributed by atoms with Gasteiger partial charge in [0.05, 0.1) is 6.61 Å². The first-order chi connectivity index (χ1) is 9.36. The van der Waals surface area contributed by atoms with Crippen LogP contribution in [-0.2, 0) is 13.2 Å². The van der Waals surface area contributed by atoms with E-state index in [1.807, 2.05) is 12.1 Å². The van der Waals surface area contributed by atoms with Crippen LogP contribution in [0.2, 0.25) is 0 Å². The van der Waals surface area contributed by atoms with Crippen molar-refractivity contribution in [3.8, 4) is 0 Å². The Bertz CT molecular complexity index is 501. The topological polar surface area (TPSA) is 25.2 Å². The summed E-state index contributed by atoms with van der Waals surface area (Å²) in [6.45, 7) is 3.47. The van der Waals surface area contributed by atoms with E-state index in [0.29, 0.717) is 0 Å². The minimum atomic E-state index is 0.123. The molecule has 0 saturated heterocycles. The summed E-state index contributed by atoms with van der Waals surface area (Å²) in [7, 11) is 0. The Morgan fingerprint density at radius 1 is 1.00 bits per heavy atom. The van der Waals surface area contributed by atoms with Crippen LogP contribution < -0.4 is 0 Å². The molecule has 1 aromatic carbocycles. The second kappa shape index (κ2) is 7.34. The van der Waals surface area contributed by atoms with Gasteiger partial charge in [-0.15, -0.1) is 0 Å². The van der Waals surface area contributed by atoms with Gasteiger partial charge < -0.3 is 9.67 Å². The lowest BCUT2D eigenvalue weighted by Gasteiger charge is -2.06. The highest BCUT2D eigenvalue weighted by atomic mass is 16.3. The number of fused-ring (bicyclic) bond motifs is 1. The van der Waals surface area contributed by atoms with Crippen LogP contribution in [0.5, 0.6) is 0 Å². The molecule has 0 saturated carbocycles. The van der Waals surface area contributed by atoms with E-state index in [0.717, 1.165) is 12.1 Å². The number of rotatable bonds is 8. The number of nitrogens with zero attached hydrogens (tertiary/aromatic N) is 1. The molecule has 2 rings (SSSR count). The molecule has 0 aliphatic heterocycles. The van der Waals surface area contributed by atoms with E-state index in [4.69, 9.17) is 0 Å². The number of aryl methyl sites for hydroxylation is 1. The highest BCUT2D eigenvalue weighted by molar-refractivity contribution is 5.83. The van der Waals surface area contributed by atoms with Gasteiger partial charge in [0, 0.05) is 23.6 Å². The summed E-state index contributed by atoms with van der Waals surface area (Å²) in [6, 6.07) is 8.30. The molecule has 104 valence electrons. The predicted octanol–water partition coefficient (Wildman–Crippen LogP) is 4.49. The van der Waals surface area contributed by atoms with Crippen LogP contribution in [0.3, 0.4) is 0 Å². The molecule has 1 N–H and O–H groups in total. The molecule has 0 atom stereocenters. The maximum absolute atomic E-state index is 9.33. The van der Waals surface area contributed by atoms with Crippen LogP contribution in [0.15, 0.2) is 30.5 Å². The van der Waals surface area contributed by atoms with Gasteiger partial charge in [0.1, 0.15) is 0 Å². The normalized spacial score (nSPS) is 11.3. The Hall–Kier alpha value is -1.28. The summed E-state index contributed by atoms with van der Waals surface area (Å²) in [5.74, 6) is 0. The second-order valence-electron chi connectivity index (χ2n) is 5.28. The van der Waals surface area contributed by atoms with E-state index < -0.39 is 0 Å². The number of unbranched alkanes of at least 4 members (excludes halogenated alkanes) is 5. The largest absolute Gasteiger partial charge is 0.392 e. The number of aliphatic hydroxyl groups is 1. The Labute approximate surface area is 116 Å². The van der Waals surface area contributed by atoms with E-state index in [-0.39, 0.29) is 6.61 Å². The smallest absolute Gasteiger partial charge is 0.0688 e. The fraction of sp³-hybridized carbons (Fsp3) is 0.529. The van der Waals surface area contributed by atoms with Crippen molar-refractivity contribution >= 4 is 10.9 Å². The lowest BCUT2D eigenvalue weighted by molar-refractivity contribution is 0.283. The van der Waals surface area contributed by atoms with Crippen LogP contribution in [0.4, 0.5) is 0 Å². The van der Waals surface area contributed by atoms with Crippen LogP contribution in [0.1, 0.15) is 51.0 Å². The van der Waals surface area contributed by atoms with Crippen molar-refractivity contribution in [2.45, 2.75) is 58.6 Å². The predicted molar refractivity (Wildman–Crippen MR) is 81.2 cm³/mol. The van der Waals surface area contributed by atoms with E-state index in [2.05, 4.69) is 29.8 Å². The first-order valence-electron chi connectivity index (χ1n) is 7.54. The van der Waals surface area contributed by atoms with E-state index in [1.165, 1.54) is 49.4 Å². The fourth-order valence-electron chi connectivity index (χ4n) is 2.68. The van der Waals surface area contributed by atoms with Gasteiger partial charge in [-0.3, -0.25) is 0 Å². The van der Waals surface area contributed by atoms with Gasteiger partial charge in [0.2, 0.25) is 0 Å². The summed E-state index contributed by atoms with van der Waals surface area (Å²) in [4.78, 5) is 0. The summed E-state index contributed by atoms with van der Waals surface area (Å²) in [5, 5.41) is 10.5. The first-order valence-corrected chi connectivity index (χ1v) is 7.54. The van der Waals surface area contributed by atoms with Crippen LogP contribution in [-0.4, -0.2) is 9.67 Å². The van der Waals surface area contributed by atoms with Gasteiger partial charge >= 0.3 is 0 Å². The quantitative estimate of drug-likeness (QED) is 0.694. The van der Waals surface area contributed by atoms with Crippen molar-refractivity contribution in [3.05, 3.63) is 36.0 Å². The summed E-state index contributed by atoms with van der Waals surface area (Å²) in [6.07, 6.45) is 10.1. The number of hydrogen-bond donors (Lipinski definition) is 1. The van der Waals surface area contributed by atoms with Gasteiger partial charge in [-0.1, -0.05) is 51.2 Å². The van der Waals surface area contributed by atoms with Crippen molar-refractivity contribution < 1.29 is 5.11 Å². The highest BCUT2D eigenvalue weighted by Gasteiger charge is 2.04. The number of aliphatic hydroxyl groups excluding tert-OH is 1. The average Bonchev–Trinajstić information content (AvgIpc) is 2.86. The fourth-order valence-corrected chi connectivity index (χ4v) is 2.68. The Kier molecular flexibility index (Phi) is 5.46. The van der Waals surface area contributed by atoms with Gasteiger partial charge in [-0.05, 0) is 24.1 Å². The highest BCUT2D eigenvalue weighted by Crippen LogP contribution is 2.21. The number of hydrogen-bond acceptors (Lipinski definition) is 1. The molecule has 0 aliphatic carbocycles. The Morgan fingerprint density at radius 2 is 1.79 bits per heavy atom. The van der Waals surface area contributed by atoms with E-state index >= 15 is 0 Å². The van der Waals surface area contributed by atoms with Gasteiger partial charge in [-0.2, -0.15) is 0 Å². The molecule has 0 unspecified atom stereocenters. The summed E-state index contributed by atoms with van der Waals surface area (Å²) in [5.41, 5.74) is 2.28. The van der Waals surface area contributed by atoms with E-state index in [1.54, 1.807) is 0 Å². The lowest BCUT2D eigenvalue weighted by atomic mass is 10.1. The molecule has 19 heavy (non-hydrogen) atoms. The molecular weight excluding hydrogens is 234 g/mol. The van der Waals surface area contributed by atoms with Gasteiger partial charge in [0.25, 0.3) is 0 Å². The maximum Gasteiger partial charge on any atom is 0.0688 e. The molecule has 0 aliphatic rings. The van der Waals surface area contributed by atoms with Crippen molar-refractivity contribution in [1.29, 1.82) is 0 Å². The minimum absolute atomic E-state index is 0.123. The summed E-state index contributed by atoms with van der Waals surface area (Å²) < 4.78 is 2.31. The molecule has 1 aromatic heterocycles. The molecule has 2 aromatic rings. The molecule has 1 heterocycles. The monoisotopic (exact) mass is 259 g/mol. The molecule has 0 fully saturated rings. The lowest BCUT2D eigenvalue weighted by Crippen LogP contribution is -1.96. The van der Waals surface area contributed by atoms with Crippen molar-refractivity contribution in [2.75, 3.05) is 0 Å². The van der Waals surface area contributed by atoms with Crippen LogP contribution in [0.25, 0.3) is 10.9 Å². The molecule has 2 nitrogen and oxygen atoms in total. The number of benzene rings is 1. The van der Waals surface area contributed by atoms with Gasteiger partial charge in [-0.25, -0.2) is 0 Å². The minimum Gasteiger partial charge on any atom is -0.392 e. The Morgan fingerprint density at radius 3 is 2.58 bits per heavy atom. The van der Waals surface area contributed by atoms with Crippen molar-refractivity contribution in [2.24, 2.45) is 0 Å². The first kappa shape index (κ1) is 14.1. The van der Waals surface area contributed by atoms with Crippen LogP contribution in [0, 0.1) is 0 Å². The number of aromatic nitrogens is 1. The SMILES string of the molecule is CCCCCCCCn1ccc2c(CO)cccc21. The molecule has 0 amide bonds. The third kappa shape index (κ3) is 3.60. The summed E-state index contributed by atoms with van der Waals surface area (Å²) >= 11 is 0. The van der Waals surface area contributed by atoms with Crippen molar-refractivity contribution in [1.82, 2.24) is 4.57 Å². The third-order valence-electron chi connectivity index (χ3n) is 3.83.